The van der Waals surface area contributed by atoms with Gasteiger partial charge in [0.25, 0.3) is 0 Å². The molecule has 108 valence electrons. The summed E-state index contributed by atoms with van der Waals surface area (Å²) in [5.74, 6) is 1.06. The quantitative estimate of drug-likeness (QED) is 0.778. The number of hydrogen-bond acceptors (Lipinski definition) is 1. The van der Waals surface area contributed by atoms with E-state index in [2.05, 4.69) is 61.5 Å². The molecule has 19 heavy (non-hydrogen) atoms. The SMILES string of the molecule is CC(C)Cc1cc(C(C)(C)C)c(O)cc1C(C)(C)C. The molecule has 1 rings (SSSR count). The molecule has 0 saturated carbocycles. The fraction of sp³-hybridized carbons (Fsp3) is 0.667. The maximum Gasteiger partial charge on any atom is 0.119 e. The van der Waals surface area contributed by atoms with Crippen LogP contribution in [0, 0.1) is 5.92 Å². The van der Waals surface area contributed by atoms with Crippen molar-refractivity contribution in [1.29, 1.82) is 0 Å². The zero-order valence-corrected chi connectivity index (χ0v) is 13.9. The van der Waals surface area contributed by atoms with Gasteiger partial charge in [-0.25, -0.2) is 0 Å². The summed E-state index contributed by atoms with van der Waals surface area (Å²) in [6, 6.07) is 4.20. The van der Waals surface area contributed by atoms with Gasteiger partial charge in [0, 0.05) is 0 Å². The van der Waals surface area contributed by atoms with E-state index >= 15 is 0 Å². The second-order valence-electron chi connectivity index (χ2n) is 8.12. The number of benzene rings is 1. The molecule has 0 unspecified atom stereocenters. The molecule has 1 aromatic carbocycles. The third-order valence-corrected chi connectivity index (χ3v) is 3.47. The van der Waals surface area contributed by atoms with Crippen LogP contribution in [0.2, 0.25) is 0 Å². The van der Waals surface area contributed by atoms with Gasteiger partial charge in [-0.05, 0) is 45.9 Å². The molecule has 0 saturated heterocycles. The second kappa shape index (κ2) is 5.19. The summed E-state index contributed by atoms with van der Waals surface area (Å²) < 4.78 is 0. The Balaban J connectivity index is 3.46. The van der Waals surface area contributed by atoms with E-state index in [-0.39, 0.29) is 10.8 Å². The van der Waals surface area contributed by atoms with Crippen molar-refractivity contribution in [3.8, 4) is 5.75 Å². The standard InChI is InChI=1S/C18H30O/c1-12(2)9-13-10-15(18(6,7)8)16(19)11-14(13)17(3,4)5/h10-12,19H,9H2,1-8H3. The number of rotatable bonds is 2. The van der Waals surface area contributed by atoms with Crippen LogP contribution in [0.3, 0.4) is 0 Å². The van der Waals surface area contributed by atoms with Gasteiger partial charge in [-0.3, -0.25) is 0 Å². The number of phenols is 1. The highest BCUT2D eigenvalue weighted by molar-refractivity contribution is 5.47. The van der Waals surface area contributed by atoms with Gasteiger partial charge in [-0.15, -0.1) is 0 Å². The molecule has 1 nitrogen and oxygen atoms in total. The Bertz CT molecular complexity index is 442. The summed E-state index contributed by atoms with van der Waals surface area (Å²) in [4.78, 5) is 0. The van der Waals surface area contributed by atoms with E-state index in [1.807, 2.05) is 6.07 Å². The molecule has 0 fully saturated rings. The highest BCUT2D eigenvalue weighted by Crippen LogP contribution is 2.37. The maximum absolute atomic E-state index is 10.3. The summed E-state index contributed by atoms with van der Waals surface area (Å²) in [5.41, 5.74) is 3.75. The molecule has 0 aliphatic carbocycles. The van der Waals surface area contributed by atoms with E-state index < -0.39 is 0 Å². The van der Waals surface area contributed by atoms with Crippen molar-refractivity contribution in [2.45, 2.75) is 72.6 Å². The monoisotopic (exact) mass is 262 g/mol. The van der Waals surface area contributed by atoms with Crippen molar-refractivity contribution in [3.63, 3.8) is 0 Å². The lowest BCUT2D eigenvalue weighted by atomic mass is 9.77. The number of hydrogen-bond donors (Lipinski definition) is 1. The molecule has 1 N–H and O–H groups in total. The summed E-state index contributed by atoms with van der Waals surface area (Å²) >= 11 is 0. The van der Waals surface area contributed by atoms with E-state index in [0.717, 1.165) is 12.0 Å². The number of phenolic OH excluding ortho intramolecular Hbond substituents is 1. The van der Waals surface area contributed by atoms with E-state index in [0.29, 0.717) is 11.7 Å². The smallest absolute Gasteiger partial charge is 0.119 e. The molecule has 1 heteroatoms. The first-order valence-electron chi connectivity index (χ1n) is 7.29. The average molecular weight is 262 g/mol. The molecule has 0 atom stereocenters. The lowest BCUT2D eigenvalue weighted by Crippen LogP contribution is -2.18. The topological polar surface area (TPSA) is 20.2 Å². The van der Waals surface area contributed by atoms with Crippen LogP contribution in [0.15, 0.2) is 12.1 Å². The fourth-order valence-corrected chi connectivity index (χ4v) is 2.54. The molecular formula is C18H30O. The van der Waals surface area contributed by atoms with Crippen LogP contribution in [-0.2, 0) is 17.3 Å². The first-order chi connectivity index (χ1) is 8.43. The molecule has 0 heterocycles. The third kappa shape index (κ3) is 3.99. The average Bonchev–Trinajstić information content (AvgIpc) is 2.16. The minimum absolute atomic E-state index is 0.0216. The van der Waals surface area contributed by atoms with Crippen LogP contribution in [0.4, 0.5) is 0 Å². The van der Waals surface area contributed by atoms with Crippen LogP contribution in [0.5, 0.6) is 5.75 Å². The normalized spacial score (nSPS) is 13.1. The van der Waals surface area contributed by atoms with Crippen LogP contribution in [0.25, 0.3) is 0 Å². The van der Waals surface area contributed by atoms with Crippen LogP contribution in [-0.4, -0.2) is 5.11 Å². The van der Waals surface area contributed by atoms with Crippen molar-refractivity contribution in [1.82, 2.24) is 0 Å². The van der Waals surface area contributed by atoms with Gasteiger partial charge in [-0.1, -0.05) is 61.5 Å². The molecule has 0 bridgehead atoms. The second-order valence-corrected chi connectivity index (χ2v) is 8.12. The van der Waals surface area contributed by atoms with Crippen LogP contribution >= 0.6 is 0 Å². The van der Waals surface area contributed by atoms with E-state index in [9.17, 15) is 5.11 Å². The molecule has 1 aromatic rings. The van der Waals surface area contributed by atoms with Crippen molar-refractivity contribution >= 4 is 0 Å². The maximum atomic E-state index is 10.3. The highest BCUT2D eigenvalue weighted by atomic mass is 16.3. The minimum Gasteiger partial charge on any atom is -0.508 e. The Morgan fingerprint density at radius 2 is 1.37 bits per heavy atom. The Kier molecular flexibility index (Phi) is 4.39. The van der Waals surface area contributed by atoms with Gasteiger partial charge in [0.05, 0.1) is 0 Å². The Hall–Kier alpha value is -0.980. The Morgan fingerprint density at radius 1 is 0.895 bits per heavy atom. The van der Waals surface area contributed by atoms with Crippen molar-refractivity contribution < 1.29 is 5.11 Å². The zero-order chi connectivity index (χ0) is 15.0. The number of aromatic hydroxyl groups is 1. The lowest BCUT2D eigenvalue weighted by Gasteiger charge is -2.28. The van der Waals surface area contributed by atoms with Gasteiger partial charge in [0.15, 0.2) is 0 Å². The molecule has 0 aromatic heterocycles. The first kappa shape index (κ1) is 16.1. The van der Waals surface area contributed by atoms with E-state index in [1.165, 1.54) is 11.1 Å². The summed E-state index contributed by atoms with van der Waals surface area (Å²) in [6.45, 7) is 17.6. The predicted octanol–water partition coefficient (Wildman–Crippen LogP) is 5.19. The molecule has 0 amide bonds. The van der Waals surface area contributed by atoms with E-state index in [4.69, 9.17) is 0 Å². The largest absolute Gasteiger partial charge is 0.508 e. The van der Waals surface area contributed by atoms with Crippen LogP contribution < -0.4 is 0 Å². The van der Waals surface area contributed by atoms with Gasteiger partial charge in [-0.2, -0.15) is 0 Å². The first-order valence-corrected chi connectivity index (χ1v) is 7.29. The van der Waals surface area contributed by atoms with Crippen molar-refractivity contribution in [2.24, 2.45) is 5.92 Å². The summed E-state index contributed by atoms with van der Waals surface area (Å²) in [5, 5.41) is 10.3. The van der Waals surface area contributed by atoms with Gasteiger partial charge < -0.3 is 5.11 Å². The molecule has 0 radical (unpaired) electrons. The Labute approximate surface area is 119 Å². The zero-order valence-electron chi connectivity index (χ0n) is 13.9. The Morgan fingerprint density at radius 3 is 1.74 bits per heavy atom. The van der Waals surface area contributed by atoms with Gasteiger partial charge in [0.2, 0.25) is 0 Å². The van der Waals surface area contributed by atoms with Crippen molar-refractivity contribution in [2.75, 3.05) is 0 Å². The van der Waals surface area contributed by atoms with Gasteiger partial charge >= 0.3 is 0 Å². The molecule has 0 aliphatic heterocycles. The van der Waals surface area contributed by atoms with Crippen LogP contribution in [0.1, 0.15) is 72.1 Å². The van der Waals surface area contributed by atoms with Gasteiger partial charge in [0.1, 0.15) is 5.75 Å². The predicted molar refractivity (Wildman–Crippen MR) is 84.0 cm³/mol. The molecule has 0 aliphatic rings. The van der Waals surface area contributed by atoms with Crippen molar-refractivity contribution in [3.05, 3.63) is 28.8 Å². The molecule has 0 spiro atoms. The minimum atomic E-state index is -0.0216. The fourth-order valence-electron chi connectivity index (χ4n) is 2.54. The lowest BCUT2D eigenvalue weighted by molar-refractivity contribution is 0.441. The molecular weight excluding hydrogens is 232 g/mol. The van der Waals surface area contributed by atoms with E-state index in [1.54, 1.807) is 0 Å². The summed E-state index contributed by atoms with van der Waals surface area (Å²) in [7, 11) is 0. The highest BCUT2D eigenvalue weighted by Gasteiger charge is 2.25. The third-order valence-electron chi connectivity index (χ3n) is 3.47. The summed E-state index contributed by atoms with van der Waals surface area (Å²) in [6.07, 6.45) is 1.07.